The summed E-state index contributed by atoms with van der Waals surface area (Å²) in [4.78, 5) is 14.2. The second kappa shape index (κ2) is 3.71. The normalized spacial score (nSPS) is 9.67. The van der Waals surface area contributed by atoms with Gasteiger partial charge in [-0.1, -0.05) is 6.08 Å². The summed E-state index contributed by atoms with van der Waals surface area (Å²) in [5, 5.41) is 8.44. The van der Waals surface area contributed by atoms with Gasteiger partial charge in [-0.3, -0.25) is 4.79 Å². The van der Waals surface area contributed by atoms with Crippen LogP contribution in [-0.2, 0) is 17.8 Å². The third-order valence-corrected chi connectivity index (χ3v) is 1.36. The second-order valence-corrected chi connectivity index (χ2v) is 2.42. The summed E-state index contributed by atoms with van der Waals surface area (Å²) in [6.45, 7) is 4.22. The molecule has 1 aromatic heterocycles. The number of carboxylic acid groups (broad SMARTS) is 1. The van der Waals surface area contributed by atoms with E-state index in [1.807, 2.05) is 0 Å². The van der Waals surface area contributed by atoms with E-state index in [1.165, 1.54) is 0 Å². The van der Waals surface area contributed by atoms with Crippen LogP contribution in [0.15, 0.2) is 25.2 Å². The smallest absolute Gasteiger partial charge is 0.309 e. The van der Waals surface area contributed by atoms with Crippen LogP contribution in [0.25, 0.3) is 0 Å². The molecule has 0 aromatic carbocycles. The highest BCUT2D eigenvalue weighted by atomic mass is 16.4. The lowest BCUT2D eigenvalue weighted by molar-refractivity contribution is -0.136. The minimum Gasteiger partial charge on any atom is -0.481 e. The number of hydrogen-bond donors (Lipinski definition) is 1. The van der Waals surface area contributed by atoms with E-state index in [1.54, 1.807) is 23.2 Å². The van der Waals surface area contributed by atoms with Crippen LogP contribution in [0.5, 0.6) is 0 Å². The van der Waals surface area contributed by atoms with Crippen LogP contribution in [0.4, 0.5) is 0 Å². The Morgan fingerprint density at radius 2 is 2.58 bits per heavy atom. The molecule has 1 rings (SSSR count). The quantitative estimate of drug-likeness (QED) is 0.670. The molecule has 0 amide bonds. The fourth-order valence-electron chi connectivity index (χ4n) is 0.902. The first kappa shape index (κ1) is 8.52. The van der Waals surface area contributed by atoms with E-state index in [4.69, 9.17) is 5.11 Å². The molecule has 0 saturated heterocycles. The predicted octanol–water partition coefficient (Wildman–Crippen LogP) is 0.696. The van der Waals surface area contributed by atoms with Crippen LogP contribution < -0.4 is 0 Å². The molecule has 12 heavy (non-hydrogen) atoms. The predicted molar refractivity (Wildman–Crippen MR) is 43.8 cm³/mol. The van der Waals surface area contributed by atoms with Gasteiger partial charge < -0.3 is 9.67 Å². The number of allylic oxidation sites excluding steroid dienone is 1. The average Bonchev–Trinajstić information content (AvgIpc) is 2.36. The standard InChI is InChI=1S/C8H10N2O2/c1-2-3-10-5-7(9-6-10)4-8(11)12/h2,5-6H,1,3-4H2,(H,11,12). The summed E-state index contributed by atoms with van der Waals surface area (Å²) < 4.78 is 1.78. The molecule has 0 spiro atoms. The molecule has 1 heterocycles. The van der Waals surface area contributed by atoms with Gasteiger partial charge in [-0.05, 0) is 0 Å². The Hall–Kier alpha value is -1.58. The van der Waals surface area contributed by atoms with E-state index >= 15 is 0 Å². The van der Waals surface area contributed by atoms with Gasteiger partial charge in [0.05, 0.1) is 18.4 Å². The highest BCUT2D eigenvalue weighted by Crippen LogP contribution is 1.97. The van der Waals surface area contributed by atoms with Gasteiger partial charge in [0.25, 0.3) is 0 Å². The van der Waals surface area contributed by atoms with Crippen LogP contribution in [-0.4, -0.2) is 20.6 Å². The highest BCUT2D eigenvalue weighted by molar-refractivity contribution is 5.69. The number of hydrogen-bond acceptors (Lipinski definition) is 2. The monoisotopic (exact) mass is 166 g/mol. The van der Waals surface area contributed by atoms with Gasteiger partial charge in [0.2, 0.25) is 0 Å². The molecule has 64 valence electrons. The maximum atomic E-state index is 10.3. The molecule has 4 nitrogen and oxygen atoms in total. The average molecular weight is 166 g/mol. The molecule has 0 atom stereocenters. The number of rotatable bonds is 4. The van der Waals surface area contributed by atoms with Crippen molar-refractivity contribution in [1.29, 1.82) is 0 Å². The molecule has 0 aliphatic heterocycles. The van der Waals surface area contributed by atoms with E-state index in [9.17, 15) is 4.79 Å². The Morgan fingerprint density at radius 1 is 1.83 bits per heavy atom. The van der Waals surface area contributed by atoms with E-state index in [2.05, 4.69) is 11.6 Å². The van der Waals surface area contributed by atoms with Crippen LogP contribution >= 0.6 is 0 Å². The molecule has 0 bridgehead atoms. The topological polar surface area (TPSA) is 55.1 Å². The minimum atomic E-state index is -0.862. The number of aromatic nitrogens is 2. The first-order chi connectivity index (χ1) is 5.72. The van der Waals surface area contributed by atoms with Crippen LogP contribution in [0, 0.1) is 0 Å². The van der Waals surface area contributed by atoms with Gasteiger partial charge in [-0.15, -0.1) is 6.58 Å². The van der Waals surface area contributed by atoms with Crippen LogP contribution in [0.2, 0.25) is 0 Å². The van der Waals surface area contributed by atoms with Crippen LogP contribution in [0.3, 0.4) is 0 Å². The van der Waals surface area contributed by atoms with E-state index < -0.39 is 5.97 Å². The molecule has 4 heteroatoms. The van der Waals surface area contributed by atoms with Crippen molar-refractivity contribution in [2.75, 3.05) is 0 Å². The zero-order valence-corrected chi connectivity index (χ0v) is 6.60. The van der Waals surface area contributed by atoms with Gasteiger partial charge in [0, 0.05) is 12.7 Å². The maximum absolute atomic E-state index is 10.3. The third-order valence-electron chi connectivity index (χ3n) is 1.36. The number of imidazole rings is 1. The van der Waals surface area contributed by atoms with Crippen LogP contribution in [0.1, 0.15) is 5.69 Å². The van der Waals surface area contributed by atoms with Crippen molar-refractivity contribution in [2.45, 2.75) is 13.0 Å². The number of nitrogens with zero attached hydrogens (tertiary/aromatic N) is 2. The summed E-state index contributed by atoms with van der Waals surface area (Å²) in [5.41, 5.74) is 0.573. The molecule has 0 aliphatic carbocycles. The molecule has 1 aromatic rings. The zero-order chi connectivity index (χ0) is 8.97. The SMILES string of the molecule is C=CCn1cnc(CC(=O)O)c1. The van der Waals surface area contributed by atoms with Gasteiger partial charge in [-0.2, -0.15) is 0 Å². The summed E-state index contributed by atoms with van der Waals surface area (Å²) in [6.07, 6.45) is 5.01. The Bertz CT molecular complexity index is 291. The molecular weight excluding hydrogens is 156 g/mol. The van der Waals surface area contributed by atoms with Crippen molar-refractivity contribution in [3.8, 4) is 0 Å². The Balaban J connectivity index is 2.63. The Kier molecular flexibility index (Phi) is 2.63. The van der Waals surface area contributed by atoms with Gasteiger partial charge in [-0.25, -0.2) is 4.98 Å². The fraction of sp³-hybridized carbons (Fsp3) is 0.250. The van der Waals surface area contributed by atoms with E-state index in [0.29, 0.717) is 12.2 Å². The van der Waals surface area contributed by atoms with Crippen molar-refractivity contribution >= 4 is 5.97 Å². The zero-order valence-electron chi connectivity index (χ0n) is 6.60. The minimum absolute atomic E-state index is 0.0237. The highest BCUT2D eigenvalue weighted by Gasteiger charge is 2.02. The molecule has 0 aliphatic rings. The van der Waals surface area contributed by atoms with Crippen molar-refractivity contribution < 1.29 is 9.90 Å². The Labute approximate surface area is 70.2 Å². The van der Waals surface area contributed by atoms with Crippen molar-refractivity contribution in [3.63, 3.8) is 0 Å². The van der Waals surface area contributed by atoms with Crippen molar-refractivity contribution in [1.82, 2.24) is 9.55 Å². The van der Waals surface area contributed by atoms with E-state index in [0.717, 1.165) is 0 Å². The lowest BCUT2D eigenvalue weighted by Gasteiger charge is -1.91. The lowest BCUT2D eigenvalue weighted by atomic mass is 10.3. The number of aliphatic carboxylic acids is 1. The molecule has 0 saturated carbocycles. The van der Waals surface area contributed by atoms with Gasteiger partial charge in [0.1, 0.15) is 0 Å². The molecule has 0 fully saturated rings. The first-order valence-corrected chi connectivity index (χ1v) is 3.55. The lowest BCUT2D eigenvalue weighted by Crippen LogP contribution is -1.99. The third kappa shape index (κ3) is 2.23. The summed E-state index contributed by atoms with van der Waals surface area (Å²) in [6, 6.07) is 0. The summed E-state index contributed by atoms with van der Waals surface area (Å²) in [5.74, 6) is -0.862. The Morgan fingerprint density at radius 3 is 3.17 bits per heavy atom. The fourth-order valence-corrected chi connectivity index (χ4v) is 0.902. The molecular formula is C8H10N2O2. The van der Waals surface area contributed by atoms with Gasteiger partial charge in [0.15, 0.2) is 0 Å². The maximum Gasteiger partial charge on any atom is 0.309 e. The number of carbonyl (C=O) groups is 1. The summed E-state index contributed by atoms with van der Waals surface area (Å²) in [7, 11) is 0. The van der Waals surface area contributed by atoms with Crippen molar-refractivity contribution in [3.05, 3.63) is 30.9 Å². The summed E-state index contributed by atoms with van der Waals surface area (Å²) >= 11 is 0. The second-order valence-electron chi connectivity index (χ2n) is 2.42. The van der Waals surface area contributed by atoms with E-state index in [-0.39, 0.29) is 6.42 Å². The van der Waals surface area contributed by atoms with Crippen molar-refractivity contribution in [2.24, 2.45) is 0 Å². The number of carboxylic acids is 1. The molecule has 0 unspecified atom stereocenters. The first-order valence-electron chi connectivity index (χ1n) is 3.55. The molecule has 1 N–H and O–H groups in total. The largest absolute Gasteiger partial charge is 0.481 e. The van der Waals surface area contributed by atoms with Gasteiger partial charge >= 0.3 is 5.97 Å². The molecule has 0 radical (unpaired) electrons.